The molecule has 6 aromatic rings. The van der Waals surface area contributed by atoms with Gasteiger partial charge < -0.3 is 0 Å². The Bertz CT molecular complexity index is 1210. The van der Waals surface area contributed by atoms with E-state index in [-0.39, 0.29) is 19.5 Å². The van der Waals surface area contributed by atoms with E-state index in [9.17, 15) is 0 Å². The molecule has 0 fully saturated rings. The van der Waals surface area contributed by atoms with Crippen molar-refractivity contribution in [2.45, 2.75) is 0 Å². The third-order valence-electron chi connectivity index (χ3n) is 4.89. The van der Waals surface area contributed by atoms with Crippen LogP contribution in [-0.4, -0.2) is 9.97 Å². The van der Waals surface area contributed by atoms with Gasteiger partial charge in [-0.05, 0) is 35.0 Å². The fourth-order valence-corrected chi connectivity index (χ4v) is 3.55. The molecule has 0 bridgehead atoms. The Labute approximate surface area is 182 Å². The number of fused-ring (bicyclic) bond motifs is 6. The third kappa shape index (κ3) is 3.74. The first kappa shape index (κ1) is 19.2. The van der Waals surface area contributed by atoms with Crippen LogP contribution in [0.25, 0.3) is 43.4 Å². The molecule has 0 aliphatic rings. The van der Waals surface area contributed by atoms with Crippen LogP contribution in [0.2, 0.25) is 0 Å². The van der Waals surface area contributed by atoms with Gasteiger partial charge >= 0.3 is 19.5 Å². The Morgan fingerprint density at radius 2 is 1.00 bits per heavy atom. The summed E-state index contributed by atoms with van der Waals surface area (Å²) in [5.74, 6) is 0. The van der Waals surface area contributed by atoms with Crippen LogP contribution >= 0.6 is 0 Å². The fourth-order valence-electron chi connectivity index (χ4n) is 3.55. The predicted octanol–water partition coefficient (Wildman–Crippen LogP) is 6.37. The van der Waals surface area contributed by atoms with Crippen molar-refractivity contribution < 1.29 is 19.5 Å². The Morgan fingerprint density at radius 3 is 1.48 bits per heavy atom. The maximum atomic E-state index is 4.32. The molecule has 2 heterocycles. The van der Waals surface area contributed by atoms with Gasteiger partial charge in [-0.2, -0.15) is 48.5 Å². The largest absolute Gasteiger partial charge is 2.00 e. The van der Waals surface area contributed by atoms with Crippen LogP contribution in [0.5, 0.6) is 0 Å². The number of hydrogen-bond donors (Lipinski definition) is 0. The first-order chi connectivity index (χ1) is 13.9. The second-order valence-electron chi connectivity index (χ2n) is 6.57. The van der Waals surface area contributed by atoms with Crippen LogP contribution in [0.15, 0.2) is 97.3 Å². The Balaban J connectivity index is 0.000000137. The molecule has 0 saturated heterocycles. The molecule has 132 valence electrons. The molecule has 0 unspecified atom stereocenters. The summed E-state index contributed by atoms with van der Waals surface area (Å²) in [7, 11) is 0. The van der Waals surface area contributed by atoms with Crippen molar-refractivity contribution >= 4 is 43.4 Å². The van der Waals surface area contributed by atoms with Crippen LogP contribution in [0, 0.1) is 12.1 Å². The molecule has 0 spiro atoms. The van der Waals surface area contributed by atoms with E-state index in [0.717, 1.165) is 11.0 Å². The van der Waals surface area contributed by atoms with E-state index in [1.807, 2.05) is 60.9 Å². The number of nitrogens with zero attached hydrogens (tertiary/aromatic N) is 2. The zero-order valence-electron chi connectivity index (χ0n) is 15.8. The molecule has 29 heavy (non-hydrogen) atoms. The van der Waals surface area contributed by atoms with Crippen LogP contribution in [-0.2, 0) is 19.5 Å². The summed E-state index contributed by atoms with van der Waals surface area (Å²) in [4.78, 5) is 8.64. The third-order valence-corrected chi connectivity index (χ3v) is 4.89. The summed E-state index contributed by atoms with van der Waals surface area (Å²) >= 11 is 0. The van der Waals surface area contributed by atoms with Gasteiger partial charge in [0.15, 0.2) is 0 Å². The van der Waals surface area contributed by atoms with Crippen molar-refractivity contribution in [1.82, 2.24) is 9.97 Å². The molecule has 2 aromatic heterocycles. The van der Waals surface area contributed by atoms with E-state index < -0.39 is 0 Å². The molecule has 4 aromatic carbocycles. The minimum absolute atomic E-state index is 0. The number of hydrogen-bond acceptors (Lipinski definition) is 2. The normalized spacial score (nSPS) is 10.5. The van der Waals surface area contributed by atoms with E-state index in [0.29, 0.717) is 0 Å². The molecule has 2 nitrogen and oxygen atoms in total. The Morgan fingerprint density at radius 1 is 0.517 bits per heavy atom. The SMILES string of the molecule is [Zn+2].[c-]1ccc2c(c1)ccc1ncccc12.[c-]1ccc2c(c1)ccc1ncccc12. The van der Waals surface area contributed by atoms with Crippen molar-refractivity contribution in [3.63, 3.8) is 0 Å². The first-order valence-electron chi connectivity index (χ1n) is 9.17. The molecule has 0 amide bonds. The molecule has 0 radical (unpaired) electrons. The van der Waals surface area contributed by atoms with Gasteiger partial charge in [-0.1, -0.05) is 12.1 Å². The molecule has 0 aliphatic carbocycles. The first-order valence-corrected chi connectivity index (χ1v) is 9.17. The standard InChI is InChI=1S/2C13H8N.Zn/c2*1-2-5-11-10(4-1)7-8-13-12(11)6-3-9-14-13;/h2*2-9H;/q2*-1;+2. The zero-order chi connectivity index (χ0) is 18.8. The van der Waals surface area contributed by atoms with Gasteiger partial charge in [-0.3, -0.25) is 9.97 Å². The van der Waals surface area contributed by atoms with Gasteiger partial charge in [0.2, 0.25) is 0 Å². The molecule has 3 heteroatoms. The second-order valence-corrected chi connectivity index (χ2v) is 6.57. The maximum absolute atomic E-state index is 4.32. The van der Waals surface area contributed by atoms with E-state index in [1.165, 1.54) is 32.3 Å². The topological polar surface area (TPSA) is 25.8 Å². The molecule has 0 N–H and O–H groups in total. The molecule has 0 aliphatic heterocycles. The van der Waals surface area contributed by atoms with Crippen LogP contribution in [0.1, 0.15) is 0 Å². The van der Waals surface area contributed by atoms with Crippen molar-refractivity contribution in [3.8, 4) is 0 Å². The van der Waals surface area contributed by atoms with Crippen LogP contribution in [0.4, 0.5) is 0 Å². The van der Waals surface area contributed by atoms with Crippen molar-refractivity contribution in [3.05, 3.63) is 109 Å². The molecule has 0 atom stereocenters. The average Bonchev–Trinajstić information content (AvgIpc) is 2.79. The van der Waals surface area contributed by atoms with Gasteiger partial charge in [0, 0.05) is 12.4 Å². The minimum Gasteiger partial charge on any atom is -0.256 e. The van der Waals surface area contributed by atoms with E-state index in [2.05, 4.69) is 58.5 Å². The average molecular weight is 422 g/mol. The van der Waals surface area contributed by atoms with Gasteiger partial charge in [0.1, 0.15) is 0 Å². The maximum Gasteiger partial charge on any atom is 2.00 e. The predicted molar refractivity (Wildman–Crippen MR) is 116 cm³/mol. The monoisotopic (exact) mass is 420 g/mol. The summed E-state index contributed by atoms with van der Waals surface area (Å²) in [5, 5.41) is 7.34. The van der Waals surface area contributed by atoms with E-state index in [1.54, 1.807) is 0 Å². The summed E-state index contributed by atoms with van der Waals surface area (Å²) in [6, 6.07) is 34.6. The quantitative estimate of drug-likeness (QED) is 0.162. The Kier molecular flexibility index (Phi) is 5.60. The summed E-state index contributed by atoms with van der Waals surface area (Å²) < 4.78 is 0. The number of aromatic nitrogens is 2. The fraction of sp³-hybridized carbons (Fsp3) is 0. The van der Waals surface area contributed by atoms with Crippen LogP contribution in [0.3, 0.4) is 0 Å². The second kappa shape index (κ2) is 8.47. The summed E-state index contributed by atoms with van der Waals surface area (Å²) in [6.45, 7) is 0. The smallest absolute Gasteiger partial charge is 0.256 e. The zero-order valence-corrected chi connectivity index (χ0v) is 18.8. The van der Waals surface area contributed by atoms with Gasteiger partial charge in [0.25, 0.3) is 0 Å². The van der Waals surface area contributed by atoms with Gasteiger partial charge in [0.05, 0.1) is 11.0 Å². The Hall–Kier alpha value is -3.16. The van der Waals surface area contributed by atoms with Gasteiger partial charge in [-0.15, -0.1) is 33.7 Å². The van der Waals surface area contributed by atoms with E-state index in [4.69, 9.17) is 0 Å². The van der Waals surface area contributed by atoms with Crippen molar-refractivity contribution in [2.24, 2.45) is 0 Å². The minimum atomic E-state index is 0. The van der Waals surface area contributed by atoms with Crippen LogP contribution < -0.4 is 0 Å². The molecule has 0 saturated carbocycles. The number of pyridine rings is 2. The molecular formula is C26H16N2Zn. The molecular weight excluding hydrogens is 406 g/mol. The van der Waals surface area contributed by atoms with Gasteiger partial charge in [-0.25, -0.2) is 0 Å². The molecule has 6 rings (SSSR count). The number of rotatable bonds is 0. The summed E-state index contributed by atoms with van der Waals surface area (Å²) in [6.07, 6.45) is 3.65. The summed E-state index contributed by atoms with van der Waals surface area (Å²) in [5.41, 5.74) is 2.09. The number of benzene rings is 4. The van der Waals surface area contributed by atoms with Crippen molar-refractivity contribution in [2.75, 3.05) is 0 Å². The van der Waals surface area contributed by atoms with Crippen molar-refractivity contribution in [1.29, 1.82) is 0 Å². The van der Waals surface area contributed by atoms with E-state index >= 15 is 0 Å².